The molecule has 2 heterocycles. The van der Waals surface area contributed by atoms with Gasteiger partial charge in [-0.15, -0.1) is 0 Å². The predicted molar refractivity (Wildman–Crippen MR) is 93.9 cm³/mol. The molecular weight excluding hydrogens is 318 g/mol. The Morgan fingerprint density at radius 3 is 1.36 bits per heavy atom. The third-order valence-electron chi connectivity index (χ3n) is 5.43. The molecule has 2 N–H and O–H groups in total. The first-order chi connectivity index (χ1) is 12.2. The molecule has 5 nitrogen and oxygen atoms in total. The molecule has 2 aromatic carbocycles. The molecule has 2 bridgehead atoms. The molecule has 4 rings (SSSR count). The minimum Gasteiger partial charge on any atom is -0.493 e. The van der Waals surface area contributed by atoms with Crippen LogP contribution in [0.15, 0.2) is 24.3 Å². The molecule has 132 valence electrons. The summed E-state index contributed by atoms with van der Waals surface area (Å²) in [7, 11) is 6.75. The van der Waals surface area contributed by atoms with E-state index in [1.165, 1.54) is 22.3 Å². The maximum Gasteiger partial charge on any atom is 0.161 e. The summed E-state index contributed by atoms with van der Waals surface area (Å²) < 4.78 is 22.0. The Hall–Kier alpha value is -2.40. The van der Waals surface area contributed by atoms with Gasteiger partial charge < -0.3 is 24.3 Å². The number of methoxy groups -OCH3 is 4. The molecule has 0 radical (unpaired) electrons. The number of hydrogen-bond acceptors (Lipinski definition) is 4. The van der Waals surface area contributed by atoms with Crippen molar-refractivity contribution in [3.8, 4) is 23.0 Å². The summed E-state index contributed by atoms with van der Waals surface area (Å²) >= 11 is 0. The largest absolute Gasteiger partial charge is 0.493 e. The molecule has 5 heteroatoms. The highest BCUT2D eigenvalue weighted by atomic mass is 16.5. The van der Waals surface area contributed by atoms with Crippen molar-refractivity contribution in [2.45, 2.75) is 24.9 Å². The van der Waals surface area contributed by atoms with E-state index in [1.54, 1.807) is 28.4 Å². The fourth-order valence-corrected chi connectivity index (χ4v) is 4.24. The van der Waals surface area contributed by atoms with Crippen LogP contribution in [0.2, 0.25) is 0 Å². The molecule has 2 aliphatic rings. The molecular formula is C20H24NO4+. The van der Waals surface area contributed by atoms with Gasteiger partial charge >= 0.3 is 0 Å². The maximum atomic E-state index is 5.50. The summed E-state index contributed by atoms with van der Waals surface area (Å²) in [6.07, 6.45) is 1.93. The van der Waals surface area contributed by atoms with Gasteiger partial charge in [-0.25, -0.2) is 0 Å². The first-order valence-corrected chi connectivity index (χ1v) is 8.53. The third kappa shape index (κ3) is 2.50. The number of ether oxygens (including phenoxy) is 4. The molecule has 0 amide bonds. The lowest BCUT2D eigenvalue weighted by Crippen LogP contribution is -2.89. The van der Waals surface area contributed by atoms with Crippen molar-refractivity contribution in [2.24, 2.45) is 0 Å². The Morgan fingerprint density at radius 1 is 0.640 bits per heavy atom. The van der Waals surface area contributed by atoms with Crippen molar-refractivity contribution in [3.05, 3.63) is 46.5 Å². The lowest BCUT2D eigenvalue weighted by Gasteiger charge is -2.36. The van der Waals surface area contributed by atoms with Gasteiger partial charge in [0.25, 0.3) is 0 Å². The van der Waals surface area contributed by atoms with Gasteiger partial charge in [0.2, 0.25) is 0 Å². The van der Waals surface area contributed by atoms with E-state index in [4.69, 9.17) is 18.9 Å². The van der Waals surface area contributed by atoms with E-state index in [-0.39, 0.29) is 0 Å². The van der Waals surface area contributed by atoms with Gasteiger partial charge in [0.1, 0.15) is 12.1 Å². The minimum absolute atomic E-state index is 0.388. The standard InChI is InChI=1S/C20H23NO4/c1-22-17-7-11-5-15-14-10-20(25-4)18(23-2)8-12(14)6-16(21-15)13(11)9-19(17)24-3/h7-10,15-16,21H,5-6H2,1-4H3/p+1/t15-,16-/m1/s1. The van der Waals surface area contributed by atoms with Gasteiger partial charge in [0, 0.05) is 24.0 Å². The van der Waals surface area contributed by atoms with Crippen LogP contribution in [0.1, 0.15) is 34.3 Å². The maximum absolute atomic E-state index is 5.50. The Kier molecular flexibility index (Phi) is 3.96. The Labute approximate surface area is 147 Å². The Bertz CT molecular complexity index is 750. The number of rotatable bonds is 4. The lowest BCUT2D eigenvalue weighted by molar-refractivity contribution is -0.741. The van der Waals surface area contributed by atoms with Crippen molar-refractivity contribution in [3.63, 3.8) is 0 Å². The number of nitrogens with two attached hydrogens (primary N) is 1. The van der Waals surface area contributed by atoms with Gasteiger partial charge in [-0.05, 0) is 35.4 Å². The van der Waals surface area contributed by atoms with Crippen LogP contribution in [0.5, 0.6) is 23.0 Å². The summed E-state index contributed by atoms with van der Waals surface area (Å²) in [5.74, 6) is 3.19. The molecule has 0 saturated carbocycles. The fraction of sp³-hybridized carbons (Fsp3) is 0.400. The van der Waals surface area contributed by atoms with Crippen LogP contribution in [0.4, 0.5) is 0 Å². The number of fused-ring (bicyclic) bond motifs is 6. The van der Waals surface area contributed by atoms with Crippen molar-refractivity contribution >= 4 is 0 Å². The van der Waals surface area contributed by atoms with Crippen molar-refractivity contribution < 1.29 is 24.3 Å². The highest BCUT2D eigenvalue weighted by Crippen LogP contribution is 2.42. The molecule has 0 fully saturated rings. The van der Waals surface area contributed by atoms with Crippen LogP contribution in [-0.4, -0.2) is 28.4 Å². The highest BCUT2D eigenvalue weighted by Gasteiger charge is 2.38. The second kappa shape index (κ2) is 6.15. The smallest absolute Gasteiger partial charge is 0.161 e. The van der Waals surface area contributed by atoms with E-state index in [0.717, 1.165) is 35.8 Å². The van der Waals surface area contributed by atoms with Crippen LogP contribution >= 0.6 is 0 Å². The molecule has 2 atom stereocenters. The molecule has 2 aliphatic heterocycles. The van der Waals surface area contributed by atoms with E-state index in [2.05, 4.69) is 29.6 Å². The van der Waals surface area contributed by atoms with Gasteiger partial charge in [-0.3, -0.25) is 0 Å². The topological polar surface area (TPSA) is 53.5 Å². The van der Waals surface area contributed by atoms with E-state index >= 15 is 0 Å². The Balaban J connectivity index is 1.79. The SMILES string of the molecule is COc1cc2c(cc1OC)[C@H]1Cc3cc(OC)c(OC)cc3[C@@H](C2)[NH2+]1. The lowest BCUT2D eigenvalue weighted by atomic mass is 9.78. The zero-order valence-electron chi connectivity index (χ0n) is 15.1. The van der Waals surface area contributed by atoms with Gasteiger partial charge in [-0.1, -0.05) is 0 Å². The minimum atomic E-state index is 0.388. The highest BCUT2D eigenvalue weighted by molar-refractivity contribution is 5.53. The number of quaternary nitrogens is 1. The van der Waals surface area contributed by atoms with Crippen molar-refractivity contribution in [1.29, 1.82) is 0 Å². The molecule has 0 aliphatic carbocycles. The van der Waals surface area contributed by atoms with Crippen LogP contribution in [0, 0.1) is 0 Å². The summed E-state index contributed by atoms with van der Waals surface area (Å²) in [6.45, 7) is 0. The summed E-state index contributed by atoms with van der Waals surface area (Å²) in [6, 6.07) is 9.31. The van der Waals surface area contributed by atoms with Crippen LogP contribution < -0.4 is 24.3 Å². The molecule has 0 spiro atoms. The fourth-order valence-electron chi connectivity index (χ4n) is 4.24. The van der Waals surface area contributed by atoms with Gasteiger partial charge in [0.15, 0.2) is 23.0 Å². The van der Waals surface area contributed by atoms with Crippen LogP contribution in [-0.2, 0) is 12.8 Å². The first kappa shape index (κ1) is 16.1. The Morgan fingerprint density at radius 2 is 1.00 bits per heavy atom. The van der Waals surface area contributed by atoms with E-state index in [0.29, 0.717) is 12.1 Å². The second-order valence-corrected chi connectivity index (χ2v) is 6.63. The van der Waals surface area contributed by atoms with Crippen LogP contribution in [0.3, 0.4) is 0 Å². The summed E-state index contributed by atoms with van der Waals surface area (Å²) in [4.78, 5) is 0. The zero-order chi connectivity index (χ0) is 17.6. The van der Waals surface area contributed by atoms with Gasteiger partial charge in [-0.2, -0.15) is 0 Å². The van der Waals surface area contributed by atoms with E-state index in [9.17, 15) is 0 Å². The molecule has 0 unspecified atom stereocenters. The number of hydrogen-bond donors (Lipinski definition) is 1. The molecule has 0 aromatic heterocycles. The quantitative estimate of drug-likeness (QED) is 0.925. The van der Waals surface area contributed by atoms with Crippen molar-refractivity contribution in [1.82, 2.24) is 0 Å². The second-order valence-electron chi connectivity index (χ2n) is 6.63. The predicted octanol–water partition coefficient (Wildman–Crippen LogP) is 2.18. The average Bonchev–Trinajstić information content (AvgIpc) is 2.66. The average molecular weight is 342 g/mol. The molecule has 25 heavy (non-hydrogen) atoms. The summed E-state index contributed by atoms with van der Waals surface area (Å²) in [5, 5.41) is 2.46. The van der Waals surface area contributed by atoms with Gasteiger partial charge in [0.05, 0.1) is 28.4 Å². The molecule has 2 aromatic rings. The van der Waals surface area contributed by atoms with E-state index in [1.807, 2.05) is 0 Å². The van der Waals surface area contributed by atoms with E-state index < -0.39 is 0 Å². The third-order valence-corrected chi connectivity index (χ3v) is 5.43. The van der Waals surface area contributed by atoms with Crippen LogP contribution in [0.25, 0.3) is 0 Å². The number of benzene rings is 2. The van der Waals surface area contributed by atoms with Crippen molar-refractivity contribution in [2.75, 3.05) is 28.4 Å². The molecule has 0 saturated heterocycles. The normalized spacial score (nSPS) is 20.3. The zero-order valence-corrected chi connectivity index (χ0v) is 15.1. The monoisotopic (exact) mass is 342 g/mol. The summed E-state index contributed by atoms with van der Waals surface area (Å²) in [5.41, 5.74) is 5.37. The first-order valence-electron chi connectivity index (χ1n) is 8.53.